The first-order chi connectivity index (χ1) is 11.8. The number of ether oxygens (including phenoxy) is 1. The SMILES string of the molecule is COc1ccc(C(C)CCNC(=O)c2c(C)c(C)nn(C)c2=O)cc1. The zero-order valence-corrected chi connectivity index (χ0v) is 15.4. The van der Waals surface area contributed by atoms with Crippen molar-refractivity contribution in [1.29, 1.82) is 0 Å². The van der Waals surface area contributed by atoms with Gasteiger partial charge in [-0.15, -0.1) is 0 Å². The van der Waals surface area contributed by atoms with Crippen LogP contribution < -0.4 is 15.6 Å². The maximum Gasteiger partial charge on any atom is 0.279 e. The number of aryl methyl sites for hydroxylation is 2. The summed E-state index contributed by atoms with van der Waals surface area (Å²) in [5.41, 5.74) is 2.29. The molecule has 0 saturated heterocycles. The Balaban J connectivity index is 2.00. The third-order valence-electron chi connectivity index (χ3n) is 4.50. The zero-order chi connectivity index (χ0) is 18.6. The van der Waals surface area contributed by atoms with E-state index in [0.717, 1.165) is 12.2 Å². The summed E-state index contributed by atoms with van der Waals surface area (Å²) >= 11 is 0. The smallest absolute Gasteiger partial charge is 0.279 e. The molecule has 1 atom stereocenters. The number of nitrogens with zero attached hydrogens (tertiary/aromatic N) is 2. The number of carbonyl (C=O) groups is 1. The third kappa shape index (κ3) is 4.26. The molecule has 1 N–H and O–H groups in total. The number of methoxy groups -OCH3 is 1. The molecule has 6 nitrogen and oxygen atoms in total. The number of hydrogen-bond acceptors (Lipinski definition) is 4. The van der Waals surface area contributed by atoms with E-state index in [2.05, 4.69) is 17.3 Å². The van der Waals surface area contributed by atoms with Crippen molar-refractivity contribution in [2.45, 2.75) is 33.1 Å². The van der Waals surface area contributed by atoms with Crippen LogP contribution in [0.1, 0.15) is 46.4 Å². The number of amides is 1. The van der Waals surface area contributed by atoms with Crippen LogP contribution >= 0.6 is 0 Å². The van der Waals surface area contributed by atoms with Crippen LogP contribution in [0.25, 0.3) is 0 Å². The summed E-state index contributed by atoms with van der Waals surface area (Å²) in [6.07, 6.45) is 0.779. The lowest BCUT2D eigenvalue weighted by Crippen LogP contribution is -2.35. The summed E-state index contributed by atoms with van der Waals surface area (Å²) < 4.78 is 6.36. The monoisotopic (exact) mass is 343 g/mol. The predicted octanol–water partition coefficient (Wildman–Crippen LogP) is 2.33. The molecule has 2 rings (SSSR count). The van der Waals surface area contributed by atoms with Crippen LogP contribution in [-0.4, -0.2) is 29.3 Å². The highest BCUT2D eigenvalue weighted by atomic mass is 16.5. The minimum atomic E-state index is -0.371. The lowest BCUT2D eigenvalue weighted by atomic mass is 9.97. The van der Waals surface area contributed by atoms with Crippen LogP contribution in [0.4, 0.5) is 0 Å². The van der Waals surface area contributed by atoms with Crippen LogP contribution in [-0.2, 0) is 7.05 Å². The van der Waals surface area contributed by atoms with Crippen molar-refractivity contribution in [3.63, 3.8) is 0 Å². The van der Waals surface area contributed by atoms with E-state index >= 15 is 0 Å². The largest absolute Gasteiger partial charge is 0.497 e. The molecule has 134 valence electrons. The van der Waals surface area contributed by atoms with E-state index in [9.17, 15) is 9.59 Å². The lowest BCUT2D eigenvalue weighted by Gasteiger charge is -2.14. The number of carbonyl (C=O) groups excluding carboxylic acids is 1. The predicted molar refractivity (Wildman–Crippen MR) is 97.3 cm³/mol. The van der Waals surface area contributed by atoms with Gasteiger partial charge in [0.05, 0.1) is 12.8 Å². The standard InChI is InChI=1S/C19H25N3O3/c1-12(15-6-8-16(25-5)9-7-15)10-11-20-18(23)17-13(2)14(3)21-22(4)19(17)24/h6-9,12H,10-11H2,1-5H3,(H,20,23). The van der Waals surface area contributed by atoms with Gasteiger partial charge in [0.2, 0.25) is 0 Å². The molecule has 0 fully saturated rings. The van der Waals surface area contributed by atoms with Crippen molar-refractivity contribution in [3.05, 3.63) is 57.0 Å². The van der Waals surface area contributed by atoms with Gasteiger partial charge in [-0.05, 0) is 49.4 Å². The summed E-state index contributed by atoms with van der Waals surface area (Å²) in [6.45, 7) is 6.14. The molecule has 0 spiro atoms. The molecule has 0 radical (unpaired) electrons. The summed E-state index contributed by atoms with van der Waals surface area (Å²) in [4.78, 5) is 24.6. The number of aromatic nitrogens is 2. The van der Waals surface area contributed by atoms with Crippen LogP contribution in [0.2, 0.25) is 0 Å². The first-order valence-corrected chi connectivity index (χ1v) is 8.31. The van der Waals surface area contributed by atoms with Crippen LogP contribution in [0, 0.1) is 13.8 Å². The van der Waals surface area contributed by atoms with Crippen LogP contribution in [0.3, 0.4) is 0 Å². The van der Waals surface area contributed by atoms with Crippen molar-refractivity contribution in [3.8, 4) is 5.75 Å². The van der Waals surface area contributed by atoms with E-state index in [1.165, 1.54) is 10.2 Å². The fraction of sp³-hybridized carbons (Fsp3) is 0.421. The van der Waals surface area contributed by atoms with Crippen molar-refractivity contribution in [2.75, 3.05) is 13.7 Å². The van der Waals surface area contributed by atoms with Gasteiger partial charge < -0.3 is 10.1 Å². The first kappa shape index (κ1) is 18.7. The van der Waals surface area contributed by atoms with Gasteiger partial charge in [-0.1, -0.05) is 19.1 Å². The maximum atomic E-state index is 12.4. The van der Waals surface area contributed by atoms with Gasteiger partial charge in [-0.3, -0.25) is 9.59 Å². The second-order valence-corrected chi connectivity index (χ2v) is 6.23. The molecule has 1 heterocycles. The molecular weight excluding hydrogens is 318 g/mol. The Bertz CT molecular complexity index is 810. The van der Waals surface area contributed by atoms with Gasteiger partial charge in [-0.25, -0.2) is 4.68 Å². The van der Waals surface area contributed by atoms with Gasteiger partial charge >= 0.3 is 0 Å². The summed E-state index contributed by atoms with van der Waals surface area (Å²) in [6, 6.07) is 7.91. The Labute approximate surface area is 147 Å². The average Bonchev–Trinajstić information content (AvgIpc) is 2.60. The third-order valence-corrected chi connectivity index (χ3v) is 4.50. The normalized spacial score (nSPS) is 11.9. The molecule has 0 aliphatic carbocycles. The molecule has 1 aromatic heterocycles. The van der Waals surface area contributed by atoms with Crippen molar-refractivity contribution in [1.82, 2.24) is 15.1 Å². The highest BCUT2D eigenvalue weighted by Crippen LogP contribution is 2.21. The first-order valence-electron chi connectivity index (χ1n) is 8.31. The number of nitrogens with one attached hydrogen (secondary N) is 1. The van der Waals surface area contributed by atoms with Gasteiger partial charge in [0.25, 0.3) is 11.5 Å². The molecule has 0 aliphatic heterocycles. The quantitative estimate of drug-likeness (QED) is 0.874. The summed E-state index contributed by atoms with van der Waals surface area (Å²) in [5.74, 6) is 0.767. The van der Waals surface area contributed by atoms with E-state index in [1.54, 1.807) is 28.0 Å². The fourth-order valence-electron chi connectivity index (χ4n) is 2.71. The second kappa shape index (κ2) is 7.96. The molecule has 25 heavy (non-hydrogen) atoms. The fourth-order valence-corrected chi connectivity index (χ4v) is 2.71. The number of hydrogen-bond donors (Lipinski definition) is 1. The molecule has 1 amide bonds. The van der Waals surface area contributed by atoms with Crippen molar-refractivity contribution < 1.29 is 9.53 Å². The maximum absolute atomic E-state index is 12.4. The number of benzene rings is 1. The van der Waals surface area contributed by atoms with E-state index < -0.39 is 0 Å². The minimum absolute atomic E-state index is 0.173. The molecule has 1 unspecified atom stereocenters. The molecule has 6 heteroatoms. The van der Waals surface area contributed by atoms with Crippen molar-refractivity contribution >= 4 is 5.91 Å². The van der Waals surface area contributed by atoms with Gasteiger partial charge in [0, 0.05) is 13.6 Å². The van der Waals surface area contributed by atoms with E-state index in [0.29, 0.717) is 17.8 Å². The topological polar surface area (TPSA) is 73.2 Å². The lowest BCUT2D eigenvalue weighted by molar-refractivity contribution is 0.0949. The van der Waals surface area contributed by atoms with Gasteiger partial charge in [-0.2, -0.15) is 5.10 Å². The van der Waals surface area contributed by atoms with Crippen LogP contribution in [0.15, 0.2) is 29.1 Å². The Morgan fingerprint density at radius 1 is 1.28 bits per heavy atom. The average molecular weight is 343 g/mol. The summed E-state index contributed by atoms with van der Waals surface area (Å²) in [5, 5.41) is 6.95. The van der Waals surface area contributed by atoms with E-state index in [1.807, 2.05) is 24.3 Å². The second-order valence-electron chi connectivity index (χ2n) is 6.23. The molecule has 0 bridgehead atoms. The minimum Gasteiger partial charge on any atom is -0.497 e. The Hall–Kier alpha value is -2.63. The Morgan fingerprint density at radius 3 is 2.52 bits per heavy atom. The highest BCUT2D eigenvalue weighted by molar-refractivity contribution is 5.95. The Morgan fingerprint density at radius 2 is 1.92 bits per heavy atom. The molecule has 1 aromatic carbocycles. The molecule has 0 saturated carbocycles. The van der Waals surface area contributed by atoms with Crippen LogP contribution in [0.5, 0.6) is 5.75 Å². The molecule has 2 aromatic rings. The molecule has 0 aliphatic rings. The Kier molecular flexibility index (Phi) is 5.96. The van der Waals surface area contributed by atoms with E-state index in [-0.39, 0.29) is 22.9 Å². The van der Waals surface area contributed by atoms with E-state index in [4.69, 9.17) is 4.74 Å². The number of rotatable bonds is 6. The zero-order valence-electron chi connectivity index (χ0n) is 15.4. The van der Waals surface area contributed by atoms with Gasteiger partial charge in [0.1, 0.15) is 11.3 Å². The summed E-state index contributed by atoms with van der Waals surface area (Å²) in [7, 11) is 3.19. The van der Waals surface area contributed by atoms with Crippen molar-refractivity contribution in [2.24, 2.45) is 7.05 Å². The molecular formula is C19H25N3O3. The highest BCUT2D eigenvalue weighted by Gasteiger charge is 2.17. The van der Waals surface area contributed by atoms with Gasteiger partial charge in [0.15, 0.2) is 0 Å².